The molecule has 1 aliphatic carbocycles. The van der Waals surface area contributed by atoms with Crippen LogP contribution in [0.15, 0.2) is 12.5 Å². The quantitative estimate of drug-likeness (QED) is 0.848. The summed E-state index contributed by atoms with van der Waals surface area (Å²) in [5.74, 6) is 4.19. The Morgan fingerprint density at radius 1 is 1.53 bits per heavy atom. The van der Waals surface area contributed by atoms with Gasteiger partial charge in [0.1, 0.15) is 17.3 Å². The van der Waals surface area contributed by atoms with Crippen LogP contribution in [0, 0.1) is 12.3 Å². The van der Waals surface area contributed by atoms with E-state index in [0.717, 1.165) is 23.6 Å². The number of nitrogen functional groups attached to an aromatic ring is 1. The van der Waals surface area contributed by atoms with Gasteiger partial charge >= 0.3 is 0 Å². The second-order valence-corrected chi connectivity index (χ2v) is 4.82. The molecule has 0 atom stereocenters. The minimum absolute atomic E-state index is 0.458. The second kappa shape index (κ2) is 4.47. The van der Waals surface area contributed by atoms with Gasteiger partial charge in [0.25, 0.3) is 0 Å². The minimum Gasteiger partial charge on any atom is -0.383 e. The maximum absolute atomic E-state index is 6.21. The van der Waals surface area contributed by atoms with E-state index in [2.05, 4.69) is 27.4 Å². The third-order valence-corrected chi connectivity index (χ3v) is 3.50. The number of nitrogens with two attached hydrogens (primary N) is 1. The van der Waals surface area contributed by atoms with E-state index < -0.39 is 0 Å². The van der Waals surface area contributed by atoms with Crippen LogP contribution in [0.3, 0.4) is 0 Å². The predicted molar refractivity (Wildman–Crippen MR) is 74.3 cm³/mol. The summed E-state index contributed by atoms with van der Waals surface area (Å²) in [6.45, 7) is 2.51. The highest BCUT2D eigenvalue weighted by atomic mass is 15.2. The van der Waals surface area contributed by atoms with Crippen molar-refractivity contribution in [2.75, 3.05) is 5.73 Å². The van der Waals surface area contributed by atoms with E-state index >= 15 is 0 Å². The van der Waals surface area contributed by atoms with E-state index in [1.165, 1.54) is 12.8 Å². The number of terminal acetylenes is 1. The van der Waals surface area contributed by atoms with Crippen LogP contribution in [0.5, 0.6) is 0 Å². The lowest BCUT2D eigenvalue weighted by atomic mass is 10.3. The van der Waals surface area contributed by atoms with Gasteiger partial charge in [0.05, 0.1) is 24.8 Å². The third-order valence-electron chi connectivity index (χ3n) is 3.50. The Morgan fingerprint density at radius 3 is 2.95 bits per heavy atom. The van der Waals surface area contributed by atoms with Crippen molar-refractivity contribution < 1.29 is 0 Å². The van der Waals surface area contributed by atoms with Crippen molar-refractivity contribution in [2.45, 2.75) is 38.8 Å². The number of aryl methyl sites for hydroxylation is 1. The lowest BCUT2D eigenvalue weighted by Gasteiger charge is -2.06. The number of hydrogen-bond donors (Lipinski definition) is 1. The average molecular weight is 255 g/mol. The molecule has 2 aromatic heterocycles. The molecule has 98 valence electrons. The predicted octanol–water partition coefficient (Wildman–Crippen LogP) is 1.86. The molecule has 0 amide bonds. The Morgan fingerprint density at radius 2 is 2.32 bits per heavy atom. The van der Waals surface area contributed by atoms with Crippen molar-refractivity contribution in [1.29, 1.82) is 0 Å². The number of imidazole rings is 2. The molecule has 0 spiro atoms. The van der Waals surface area contributed by atoms with Gasteiger partial charge in [-0.2, -0.15) is 0 Å². The highest BCUT2D eigenvalue weighted by Crippen LogP contribution is 2.39. The van der Waals surface area contributed by atoms with Crippen molar-refractivity contribution in [3.8, 4) is 23.7 Å². The summed E-state index contributed by atoms with van der Waals surface area (Å²) in [4.78, 5) is 8.87. The zero-order valence-electron chi connectivity index (χ0n) is 11.0. The Balaban J connectivity index is 2.09. The molecule has 1 fully saturated rings. The Labute approximate surface area is 112 Å². The number of hydrogen-bond acceptors (Lipinski definition) is 3. The Bertz CT molecular complexity index is 639. The molecule has 0 radical (unpaired) electrons. The first kappa shape index (κ1) is 11.8. The molecule has 1 aliphatic rings. The molecule has 19 heavy (non-hydrogen) atoms. The van der Waals surface area contributed by atoms with Gasteiger partial charge in [0.2, 0.25) is 0 Å². The number of nitrogens with zero attached hydrogens (tertiary/aromatic N) is 4. The Hall–Kier alpha value is -2.22. The lowest BCUT2D eigenvalue weighted by molar-refractivity contribution is 0.746. The molecule has 0 aliphatic heterocycles. The molecule has 1 saturated carbocycles. The Kier molecular flexibility index (Phi) is 2.79. The standard InChI is InChI=1S/C14H17N5/c1-3-7-18-12(4-2)17-13(14(18)15)11-8-16-9-19(11)10-5-6-10/h1,8-10H,4-7,15H2,2H3. The van der Waals surface area contributed by atoms with Gasteiger partial charge in [-0.3, -0.25) is 0 Å². The average Bonchev–Trinajstić information content (AvgIpc) is 3.07. The fourth-order valence-electron chi connectivity index (χ4n) is 2.37. The maximum Gasteiger partial charge on any atom is 0.134 e. The number of rotatable bonds is 4. The molecule has 0 saturated heterocycles. The third kappa shape index (κ3) is 1.89. The van der Waals surface area contributed by atoms with Crippen LogP contribution < -0.4 is 5.73 Å². The molecule has 0 bridgehead atoms. The normalized spacial score (nSPS) is 14.5. The number of anilines is 1. The van der Waals surface area contributed by atoms with Crippen LogP contribution >= 0.6 is 0 Å². The van der Waals surface area contributed by atoms with Crippen molar-refractivity contribution >= 4 is 5.82 Å². The van der Waals surface area contributed by atoms with Gasteiger partial charge < -0.3 is 14.9 Å². The molecular weight excluding hydrogens is 238 g/mol. The van der Waals surface area contributed by atoms with Crippen LogP contribution in [0.4, 0.5) is 5.82 Å². The van der Waals surface area contributed by atoms with Gasteiger partial charge in [0, 0.05) is 12.5 Å². The molecule has 2 N–H and O–H groups in total. The number of aromatic nitrogens is 4. The van der Waals surface area contributed by atoms with E-state index in [0.29, 0.717) is 18.4 Å². The molecule has 2 aromatic rings. The summed E-state index contributed by atoms with van der Waals surface area (Å²) in [7, 11) is 0. The summed E-state index contributed by atoms with van der Waals surface area (Å²) in [5.41, 5.74) is 8.00. The van der Waals surface area contributed by atoms with Crippen molar-refractivity contribution in [3.05, 3.63) is 18.3 Å². The van der Waals surface area contributed by atoms with Crippen molar-refractivity contribution in [2.24, 2.45) is 0 Å². The molecule has 3 rings (SSSR count). The summed E-state index contributed by atoms with van der Waals surface area (Å²) in [6.07, 6.45) is 12.3. The van der Waals surface area contributed by atoms with E-state index in [9.17, 15) is 0 Å². The monoisotopic (exact) mass is 255 g/mol. The summed E-state index contributed by atoms with van der Waals surface area (Å²) in [5, 5.41) is 0. The summed E-state index contributed by atoms with van der Waals surface area (Å²) >= 11 is 0. The van der Waals surface area contributed by atoms with Crippen LogP contribution in [-0.2, 0) is 13.0 Å². The highest BCUT2D eigenvalue weighted by molar-refractivity contribution is 5.68. The zero-order chi connectivity index (χ0) is 13.4. The molecule has 2 heterocycles. The van der Waals surface area contributed by atoms with E-state index in [1.54, 1.807) is 0 Å². The maximum atomic E-state index is 6.21. The first-order valence-corrected chi connectivity index (χ1v) is 6.56. The topological polar surface area (TPSA) is 61.7 Å². The van der Waals surface area contributed by atoms with Gasteiger partial charge in [0.15, 0.2) is 0 Å². The summed E-state index contributed by atoms with van der Waals surface area (Å²) < 4.78 is 4.07. The van der Waals surface area contributed by atoms with Crippen LogP contribution in [0.25, 0.3) is 11.4 Å². The molecule has 0 unspecified atom stereocenters. The van der Waals surface area contributed by atoms with Crippen LogP contribution in [-0.4, -0.2) is 19.1 Å². The van der Waals surface area contributed by atoms with E-state index in [4.69, 9.17) is 12.2 Å². The summed E-state index contributed by atoms with van der Waals surface area (Å²) in [6, 6.07) is 0.555. The fourth-order valence-corrected chi connectivity index (χ4v) is 2.37. The second-order valence-electron chi connectivity index (χ2n) is 4.82. The van der Waals surface area contributed by atoms with Gasteiger partial charge in [-0.1, -0.05) is 12.8 Å². The molecule has 0 aromatic carbocycles. The minimum atomic E-state index is 0.458. The van der Waals surface area contributed by atoms with E-state index in [-0.39, 0.29) is 0 Å². The van der Waals surface area contributed by atoms with Crippen molar-refractivity contribution in [3.63, 3.8) is 0 Å². The molecular formula is C14H17N5. The van der Waals surface area contributed by atoms with Crippen LogP contribution in [0.2, 0.25) is 0 Å². The van der Waals surface area contributed by atoms with Crippen LogP contribution in [0.1, 0.15) is 31.6 Å². The SMILES string of the molecule is C#CCn1c(CC)nc(-c2cncn2C2CC2)c1N. The van der Waals surface area contributed by atoms with Gasteiger partial charge in [-0.15, -0.1) is 6.42 Å². The fraction of sp³-hybridized carbons (Fsp3) is 0.429. The van der Waals surface area contributed by atoms with Gasteiger partial charge in [-0.05, 0) is 12.8 Å². The smallest absolute Gasteiger partial charge is 0.134 e. The lowest BCUT2D eigenvalue weighted by Crippen LogP contribution is -2.05. The zero-order valence-corrected chi connectivity index (χ0v) is 11.0. The highest BCUT2D eigenvalue weighted by Gasteiger charge is 2.27. The first-order chi connectivity index (χ1) is 9.26. The largest absolute Gasteiger partial charge is 0.383 e. The van der Waals surface area contributed by atoms with E-state index in [1.807, 2.05) is 17.1 Å². The molecule has 5 heteroatoms. The first-order valence-electron chi connectivity index (χ1n) is 6.56. The van der Waals surface area contributed by atoms with Gasteiger partial charge in [-0.25, -0.2) is 9.97 Å². The van der Waals surface area contributed by atoms with Crippen molar-refractivity contribution in [1.82, 2.24) is 19.1 Å². The molecule has 5 nitrogen and oxygen atoms in total.